The monoisotopic (exact) mass is 364 g/mol. The van der Waals surface area contributed by atoms with Gasteiger partial charge in [0.2, 0.25) is 5.91 Å². The van der Waals surface area contributed by atoms with E-state index in [1.54, 1.807) is 11.3 Å². The largest absolute Gasteiger partial charge is 0.325 e. The summed E-state index contributed by atoms with van der Waals surface area (Å²) in [6.07, 6.45) is 0.286. The average molecular weight is 365 g/mol. The van der Waals surface area contributed by atoms with Crippen LogP contribution in [0.15, 0.2) is 47.8 Å². The van der Waals surface area contributed by atoms with Gasteiger partial charge in [-0.25, -0.2) is 4.98 Å². The number of carbonyl (C=O) groups excluding carboxylic acids is 1. The van der Waals surface area contributed by atoms with E-state index in [1.165, 1.54) is 5.56 Å². The number of anilines is 1. The molecule has 0 fully saturated rings. The van der Waals surface area contributed by atoms with Crippen molar-refractivity contribution in [3.05, 3.63) is 70.2 Å². The zero-order valence-corrected chi connectivity index (χ0v) is 16.5. The minimum absolute atomic E-state index is 0.0257. The zero-order chi connectivity index (χ0) is 18.7. The van der Waals surface area contributed by atoms with Crippen LogP contribution in [0.3, 0.4) is 0 Å². The molecule has 0 spiro atoms. The quantitative estimate of drug-likeness (QED) is 0.628. The van der Waals surface area contributed by atoms with E-state index in [1.807, 2.05) is 30.5 Å². The third-order valence-electron chi connectivity index (χ3n) is 4.35. The number of amides is 1. The third kappa shape index (κ3) is 4.20. The highest BCUT2D eigenvalue weighted by Gasteiger charge is 2.14. The predicted molar refractivity (Wildman–Crippen MR) is 110 cm³/mol. The predicted octanol–water partition coefficient (Wildman–Crippen LogP) is 5.73. The first kappa shape index (κ1) is 18.3. The molecule has 0 unspecified atom stereocenters. The summed E-state index contributed by atoms with van der Waals surface area (Å²) in [5, 5.41) is 6.02. The minimum Gasteiger partial charge on any atom is -0.325 e. The molecule has 0 saturated heterocycles. The van der Waals surface area contributed by atoms with Gasteiger partial charge in [-0.2, -0.15) is 0 Å². The standard InChI is InChI=1S/C22H24N2OS/c1-14(2)19-10-6-8-16(4)21(19)24-20(25)12-18-13-26-22(23-18)17-9-5-7-15(3)11-17/h5-11,13-14H,12H2,1-4H3,(H,24,25). The molecule has 3 nitrogen and oxygen atoms in total. The molecule has 1 amide bonds. The molecule has 0 aliphatic rings. The summed E-state index contributed by atoms with van der Waals surface area (Å²) in [7, 11) is 0. The van der Waals surface area contributed by atoms with Crippen molar-refractivity contribution in [1.29, 1.82) is 0 Å². The van der Waals surface area contributed by atoms with Gasteiger partial charge in [0, 0.05) is 16.6 Å². The van der Waals surface area contributed by atoms with Crippen molar-refractivity contribution in [1.82, 2.24) is 4.98 Å². The molecule has 26 heavy (non-hydrogen) atoms. The molecule has 0 atom stereocenters. The van der Waals surface area contributed by atoms with Gasteiger partial charge in [0.05, 0.1) is 12.1 Å². The van der Waals surface area contributed by atoms with Crippen LogP contribution in [0.2, 0.25) is 0 Å². The number of carbonyl (C=O) groups is 1. The molecule has 0 aliphatic heterocycles. The highest BCUT2D eigenvalue weighted by atomic mass is 32.1. The Labute approximate surface area is 159 Å². The molecule has 1 heterocycles. The van der Waals surface area contributed by atoms with E-state index < -0.39 is 0 Å². The first-order valence-electron chi connectivity index (χ1n) is 8.85. The van der Waals surface area contributed by atoms with Gasteiger partial charge < -0.3 is 5.32 Å². The van der Waals surface area contributed by atoms with Gasteiger partial charge in [-0.15, -0.1) is 11.3 Å². The Morgan fingerprint density at radius 3 is 2.65 bits per heavy atom. The number of benzene rings is 2. The topological polar surface area (TPSA) is 42.0 Å². The van der Waals surface area contributed by atoms with Crippen LogP contribution in [0.25, 0.3) is 10.6 Å². The number of rotatable bonds is 5. The number of nitrogens with one attached hydrogen (secondary N) is 1. The summed E-state index contributed by atoms with van der Waals surface area (Å²) >= 11 is 1.58. The fraction of sp³-hybridized carbons (Fsp3) is 0.273. The first-order chi connectivity index (χ1) is 12.4. The van der Waals surface area contributed by atoms with Gasteiger partial charge in [-0.1, -0.05) is 55.8 Å². The second kappa shape index (κ2) is 7.83. The van der Waals surface area contributed by atoms with Crippen molar-refractivity contribution >= 4 is 22.9 Å². The number of nitrogens with zero attached hydrogens (tertiary/aromatic N) is 1. The summed E-state index contributed by atoms with van der Waals surface area (Å²) in [4.78, 5) is 17.2. The number of thiazole rings is 1. The van der Waals surface area contributed by atoms with E-state index in [0.717, 1.165) is 33.1 Å². The Kier molecular flexibility index (Phi) is 5.52. The van der Waals surface area contributed by atoms with Gasteiger partial charge >= 0.3 is 0 Å². The summed E-state index contributed by atoms with van der Waals surface area (Å²) in [6, 6.07) is 14.4. The SMILES string of the molecule is Cc1cccc(-c2nc(CC(=O)Nc3c(C)cccc3C(C)C)cs2)c1. The second-order valence-corrected chi connectivity index (χ2v) is 7.79. The Bertz CT molecular complexity index is 927. The van der Waals surface area contributed by atoms with E-state index >= 15 is 0 Å². The third-order valence-corrected chi connectivity index (χ3v) is 5.29. The lowest BCUT2D eigenvalue weighted by molar-refractivity contribution is -0.115. The maximum Gasteiger partial charge on any atom is 0.230 e. The highest BCUT2D eigenvalue weighted by Crippen LogP contribution is 2.28. The fourth-order valence-electron chi connectivity index (χ4n) is 2.99. The van der Waals surface area contributed by atoms with Crippen molar-refractivity contribution < 1.29 is 4.79 Å². The van der Waals surface area contributed by atoms with Gasteiger partial charge in [-0.3, -0.25) is 4.79 Å². The number of para-hydroxylation sites is 1. The Hall–Kier alpha value is -2.46. The molecule has 1 aromatic heterocycles. The molecule has 0 aliphatic carbocycles. The Balaban J connectivity index is 1.74. The summed E-state index contributed by atoms with van der Waals surface area (Å²) < 4.78 is 0. The van der Waals surface area contributed by atoms with Crippen molar-refractivity contribution in [3.63, 3.8) is 0 Å². The van der Waals surface area contributed by atoms with Crippen molar-refractivity contribution in [3.8, 4) is 10.6 Å². The summed E-state index contributed by atoms with van der Waals surface area (Å²) in [6.45, 7) is 8.37. The molecule has 1 N–H and O–H groups in total. The smallest absolute Gasteiger partial charge is 0.230 e. The van der Waals surface area contributed by atoms with Crippen LogP contribution in [0.5, 0.6) is 0 Å². The first-order valence-corrected chi connectivity index (χ1v) is 9.73. The highest BCUT2D eigenvalue weighted by molar-refractivity contribution is 7.13. The number of aryl methyl sites for hydroxylation is 2. The number of hydrogen-bond acceptors (Lipinski definition) is 3. The maximum atomic E-state index is 12.6. The van der Waals surface area contributed by atoms with E-state index in [9.17, 15) is 4.79 Å². The van der Waals surface area contributed by atoms with Crippen LogP contribution >= 0.6 is 11.3 Å². The van der Waals surface area contributed by atoms with Crippen LogP contribution in [-0.4, -0.2) is 10.9 Å². The summed E-state index contributed by atoms with van der Waals surface area (Å²) in [5.74, 6) is 0.333. The van der Waals surface area contributed by atoms with E-state index in [0.29, 0.717) is 5.92 Å². The van der Waals surface area contributed by atoms with E-state index in [-0.39, 0.29) is 12.3 Å². The zero-order valence-electron chi connectivity index (χ0n) is 15.7. The van der Waals surface area contributed by atoms with Gasteiger partial charge in [0.1, 0.15) is 5.01 Å². The number of aromatic nitrogens is 1. The molecule has 134 valence electrons. The molecular weight excluding hydrogens is 340 g/mol. The van der Waals surface area contributed by atoms with Crippen LogP contribution in [0, 0.1) is 13.8 Å². The molecule has 3 rings (SSSR count). The Morgan fingerprint density at radius 2 is 1.92 bits per heavy atom. The lowest BCUT2D eigenvalue weighted by Crippen LogP contribution is -2.17. The molecule has 0 radical (unpaired) electrons. The summed E-state index contributed by atoms with van der Waals surface area (Å²) in [5.41, 5.74) is 6.30. The molecule has 0 saturated carbocycles. The molecule has 0 bridgehead atoms. The minimum atomic E-state index is -0.0257. The van der Waals surface area contributed by atoms with Crippen molar-refractivity contribution in [2.75, 3.05) is 5.32 Å². The van der Waals surface area contributed by atoms with Gasteiger partial charge in [0.15, 0.2) is 0 Å². The number of hydrogen-bond donors (Lipinski definition) is 1. The fourth-order valence-corrected chi connectivity index (χ4v) is 3.81. The molecule has 3 aromatic rings. The van der Waals surface area contributed by atoms with Crippen molar-refractivity contribution in [2.24, 2.45) is 0 Å². The lowest BCUT2D eigenvalue weighted by atomic mass is 9.98. The van der Waals surface area contributed by atoms with E-state index in [4.69, 9.17) is 0 Å². The van der Waals surface area contributed by atoms with Gasteiger partial charge in [-0.05, 0) is 37.0 Å². The average Bonchev–Trinajstić information content (AvgIpc) is 3.05. The Morgan fingerprint density at radius 1 is 1.15 bits per heavy atom. The van der Waals surface area contributed by atoms with Crippen molar-refractivity contribution in [2.45, 2.75) is 40.0 Å². The van der Waals surface area contributed by atoms with Crippen LogP contribution in [0.1, 0.15) is 42.1 Å². The maximum absolute atomic E-state index is 12.6. The lowest BCUT2D eigenvalue weighted by Gasteiger charge is -2.16. The van der Waals surface area contributed by atoms with E-state index in [2.05, 4.69) is 55.3 Å². The molecular formula is C22H24N2OS. The van der Waals surface area contributed by atoms with Gasteiger partial charge in [0.25, 0.3) is 0 Å². The van der Waals surface area contributed by atoms with Crippen LogP contribution < -0.4 is 5.32 Å². The van der Waals surface area contributed by atoms with Crippen LogP contribution in [-0.2, 0) is 11.2 Å². The molecule has 2 aromatic carbocycles. The normalized spacial score (nSPS) is 11.0. The molecule has 4 heteroatoms. The van der Waals surface area contributed by atoms with Crippen LogP contribution in [0.4, 0.5) is 5.69 Å². The second-order valence-electron chi connectivity index (χ2n) is 6.93.